The average Bonchev–Trinajstić information content (AvgIpc) is 2.59. The molecular formula is C22H30. The molecule has 0 bridgehead atoms. The molecule has 0 nitrogen and oxygen atoms in total. The van der Waals surface area contributed by atoms with E-state index in [0.717, 1.165) is 0 Å². The first-order valence-corrected chi connectivity index (χ1v) is 8.87. The minimum atomic E-state index is 0.699. The Morgan fingerprint density at radius 3 is 1.27 bits per heavy atom. The fourth-order valence-electron chi connectivity index (χ4n) is 3.15. The zero-order valence-electron chi connectivity index (χ0n) is 14.2. The molecular weight excluding hydrogens is 264 g/mol. The van der Waals surface area contributed by atoms with Gasteiger partial charge in [0.1, 0.15) is 0 Å². The van der Waals surface area contributed by atoms with Crippen molar-refractivity contribution in [2.45, 2.75) is 64.2 Å². The predicted octanol–water partition coefficient (Wildman–Crippen LogP) is 6.93. The lowest BCUT2D eigenvalue weighted by Gasteiger charge is -2.13. The van der Waals surface area contributed by atoms with E-state index in [2.05, 4.69) is 74.5 Å². The van der Waals surface area contributed by atoms with Gasteiger partial charge in [-0.05, 0) is 35.8 Å². The van der Waals surface area contributed by atoms with Crippen LogP contribution in [0.5, 0.6) is 0 Å². The van der Waals surface area contributed by atoms with Gasteiger partial charge < -0.3 is 0 Å². The van der Waals surface area contributed by atoms with E-state index in [-0.39, 0.29) is 0 Å². The van der Waals surface area contributed by atoms with Crippen molar-refractivity contribution in [3.63, 3.8) is 0 Å². The summed E-state index contributed by atoms with van der Waals surface area (Å²) in [4.78, 5) is 0. The van der Waals surface area contributed by atoms with Crippen molar-refractivity contribution in [3.8, 4) is 0 Å². The van der Waals surface area contributed by atoms with Crippen molar-refractivity contribution in [3.05, 3.63) is 71.8 Å². The second-order valence-corrected chi connectivity index (χ2v) is 6.62. The standard InChI is InChI=1S/C22H30/c1-19(21-15-9-5-10-16-21)13-7-3-4-8-14-20(2)22-17-11-6-12-18-22/h5-6,9-12,15-20H,3-4,7-8,13-14H2,1-2H3. The zero-order valence-corrected chi connectivity index (χ0v) is 14.2. The minimum absolute atomic E-state index is 0.699. The molecule has 2 aromatic rings. The molecule has 2 aromatic carbocycles. The molecule has 0 aromatic heterocycles. The maximum atomic E-state index is 2.35. The highest BCUT2D eigenvalue weighted by molar-refractivity contribution is 5.19. The minimum Gasteiger partial charge on any atom is -0.0622 e. The van der Waals surface area contributed by atoms with Crippen molar-refractivity contribution in [1.82, 2.24) is 0 Å². The molecule has 0 spiro atoms. The fraction of sp³-hybridized carbons (Fsp3) is 0.455. The van der Waals surface area contributed by atoms with Crippen molar-refractivity contribution < 1.29 is 0 Å². The van der Waals surface area contributed by atoms with E-state index in [0.29, 0.717) is 11.8 Å². The molecule has 2 unspecified atom stereocenters. The third-order valence-electron chi connectivity index (χ3n) is 4.76. The van der Waals surface area contributed by atoms with Gasteiger partial charge in [0.05, 0.1) is 0 Å². The van der Waals surface area contributed by atoms with Crippen LogP contribution in [0.15, 0.2) is 60.7 Å². The highest BCUT2D eigenvalue weighted by atomic mass is 14.1. The van der Waals surface area contributed by atoms with Crippen molar-refractivity contribution in [2.75, 3.05) is 0 Å². The van der Waals surface area contributed by atoms with E-state index >= 15 is 0 Å². The first kappa shape index (κ1) is 16.8. The van der Waals surface area contributed by atoms with Gasteiger partial charge in [0.2, 0.25) is 0 Å². The van der Waals surface area contributed by atoms with Crippen LogP contribution in [0.2, 0.25) is 0 Å². The summed E-state index contributed by atoms with van der Waals surface area (Å²) < 4.78 is 0. The van der Waals surface area contributed by atoms with Crippen molar-refractivity contribution in [2.24, 2.45) is 0 Å². The van der Waals surface area contributed by atoms with Crippen molar-refractivity contribution in [1.29, 1.82) is 0 Å². The topological polar surface area (TPSA) is 0 Å². The lowest BCUT2D eigenvalue weighted by molar-refractivity contribution is 0.539. The van der Waals surface area contributed by atoms with E-state index in [1.54, 1.807) is 0 Å². The average molecular weight is 294 g/mol. The van der Waals surface area contributed by atoms with Gasteiger partial charge in [-0.1, -0.05) is 100 Å². The van der Waals surface area contributed by atoms with Crippen LogP contribution in [-0.2, 0) is 0 Å². The summed E-state index contributed by atoms with van der Waals surface area (Å²) in [5.74, 6) is 1.40. The van der Waals surface area contributed by atoms with Crippen LogP contribution in [0.1, 0.15) is 75.3 Å². The zero-order chi connectivity index (χ0) is 15.6. The summed E-state index contributed by atoms with van der Waals surface area (Å²) in [6.45, 7) is 4.71. The second-order valence-electron chi connectivity index (χ2n) is 6.62. The summed E-state index contributed by atoms with van der Waals surface area (Å²) >= 11 is 0. The molecule has 0 amide bonds. The molecule has 0 heteroatoms. The van der Waals surface area contributed by atoms with Crippen LogP contribution in [0.3, 0.4) is 0 Å². The Labute approximate surface area is 136 Å². The molecule has 0 heterocycles. The van der Waals surface area contributed by atoms with Gasteiger partial charge in [0.25, 0.3) is 0 Å². The molecule has 2 atom stereocenters. The summed E-state index contributed by atoms with van der Waals surface area (Å²) in [7, 11) is 0. The molecule has 118 valence electrons. The van der Waals surface area contributed by atoms with Gasteiger partial charge in [-0.25, -0.2) is 0 Å². The van der Waals surface area contributed by atoms with Crippen molar-refractivity contribution >= 4 is 0 Å². The third kappa shape index (κ3) is 5.67. The first-order valence-electron chi connectivity index (χ1n) is 8.87. The van der Waals surface area contributed by atoms with Gasteiger partial charge in [0.15, 0.2) is 0 Å². The largest absolute Gasteiger partial charge is 0.0622 e. The van der Waals surface area contributed by atoms with E-state index in [1.165, 1.54) is 49.7 Å². The molecule has 0 saturated carbocycles. The number of unbranched alkanes of at least 4 members (excludes halogenated alkanes) is 3. The summed E-state index contributed by atoms with van der Waals surface area (Å²) in [6, 6.07) is 21.8. The molecule has 0 aliphatic heterocycles. The Hall–Kier alpha value is -1.56. The van der Waals surface area contributed by atoms with Crippen LogP contribution in [0, 0.1) is 0 Å². The molecule has 22 heavy (non-hydrogen) atoms. The third-order valence-corrected chi connectivity index (χ3v) is 4.76. The Bertz CT molecular complexity index is 451. The van der Waals surface area contributed by atoms with Crippen LogP contribution in [0.4, 0.5) is 0 Å². The lowest BCUT2D eigenvalue weighted by atomic mass is 9.93. The van der Waals surface area contributed by atoms with Crippen LogP contribution in [-0.4, -0.2) is 0 Å². The summed E-state index contributed by atoms with van der Waals surface area (Å²) in [5, 5.41) is 0. The lowest BCUT2D eigenvalue weighted by Crippen LogP contribution is -1.95. The highest BCUT2D eigenvalue weighted by Gasteiger charge is 2.06. The van der Waals surface area contributed by atoms with Gasteiger partial charge >= 0.3 is 0 Å². The Morgan fingerprint density at radius 1 is 0.545 bits per heavy atom. The molecule has 0 aliphatic rings. The normalized spacial score (nSPS) is 13.7. The summed E-state index contributed by atoms with van der Waals surface area (Å²) in [6.07, 6.45) is 8.10. The SMILES string of the molecule is CC(CCCCCCC(C)c1ccccc1)c1ccccc1. The van der Waals surface area contributed by atoms with Crippen LogP contribution >= 0.6 is 0 Å². The molecule has 0 fully saturated rings. The monoisotopic (exact) mass is 294 g/mol. The predicted molar refractivity (Wildman–Crippen MR) is 97.4 cm³/mol. The number of hydrogen-bond donors (Lipinski definition) is 0. The molecule has 0 saturated heterocycles. The highest BCUT2D eigenvalue weighted by Crippen LogP contribution is 2.24. The maximum Gasteiger partial charge on any atom is -0.0190 e. The van der Waals surface area contributed by atoms with E-state index in [4.69, 9.17) is 0 Å². The number of hydrogen-bond acceptors (Lipinski definition) is 0. The smallest absolute Gasteiger partial charge is 0.0190 e. The molecule has 2 rings (SSSR count). The van der Waals surface area contributed by atoms with E-state index in [9.17, 15) is 0 Å². The van der Waals surface area contributed by atoms with Gasteiger partial charge in [0, 0.05) is 0 Å². The maximum absolute atomic E-state index is 2.35. The Balaban J connectivity index is 1.56. The number of benzene rings is 2. The van der Waals surface area contributed by atoms with Crippen LogP contribution in [0.25, 0.3) is 0 Å². The summed E-state index contributed by atoms with van der Waals surface area (Å²) in [5.41, 5.74) is 2.97. The first-order chi connectivity index (χ1) is 10.8. The molecule has 0 aliphatic carbocycles. The fourth-order valence-corrected chi connectivity index (χ4v) is 3.15. The van der Waals surface area contributed by atoms with E-state index < -0.39 is 0 Å². The Morgan fingerprint density at radius 2 is 0.909 bits per heavy atom. The molecule has 0 N–H and O–H groups in total. The van der Waals surface area contributed by atoms with E-state index in [1.807, 2.05) is 0 Å². The van der Waals surface area contributed by atoms with Crippen LogP contribution < -0.4 is 0 Å². The van der Waals surface area contributed by atoms with Gasteiger partial charge in [-0.2, -0.15) is 0 Å². The van der Waals surface area contributed by atoms with Gasteiger partial charge in [-0.15, -0.1) is 0 Å². The number of rotatable bonds is 9. The van der Waals surface area contributed by atoms with Gasteiger partial charge in [-0.3, -0.25) is 0 Å². The quantitative estimate of drug-likeness (QED) is 0.440. The molecule has 0 radical (unpaired) electrons. The second kappa shape index (κ2) is 9.46. The Kier molecular flexibility index (Phi) is 7.22.